The van der Waals surface area contributed by atoms with Gasteiger partial charge in [0.2, 0.25) is 0 Å². The van der Waals surface area contributed by atoms with Crippen LogP contribution in [-0.2, 0) is 0 Å². The molecule has 2 heterocycles. The highest BCUT2D eigenvalue weighted by Crippen LogP contribution is 2.32. The van der Waals surface area contributed by atoms with Crippen molar-refractivity contribution in [2.24, 2.45) is 17.6 Å². The van der Waals surface area contributed by atoms with Gasteiger partial charge in [0.05, 0.1) is 4.99 Å². The monoisotopic (exact) mass is 309 g/mol. The lowest BCUT2D eigenvalue weighted by molar-refractivity contribution is -0.161. The molecule has 2 rings (SSSR count). The molecule has 0 spiro atoms. The predicted molar refractivity (Wildman–Crippen MR) is 76.5 cm³/mol. The average molecular weight is 309 g/mol. The van der Waals surface area contributed by atoms with Crippen LogP contribution in [0.4, 0.5) is 13.2 Å². The molecular weight excluding hydrogens is 287 g/mol. The number of likely N-dealkylation sites (tertiary alicyclic amines) is 2. The summed E-state index contributed by atoms with van der Waals surface area (Å²) in [4.78, 5) is 3.79. The standard InChI is InChI=1S/C13H22F3N3S/c1-18-5-2-3-9-7-19(6-4-11(9)18)8-10(12(17)20)13(14,15)16/h9-11H,2-8H2,1H3,(H2,17,20). The van der Waals surface area contributed by atoms with E-state index in [2.05, 4.69) is 24.2 Å². The number of thiocarbonyl (C=S) groups is 1. The Hall–Kier alpha value is -0.400. The van der Waals surface area contributed by atoms with Crippen LogP contribution >= 0.6 is 12.2 Å². The summed E-state index contributed by atoms with van der Waals surface area (Å²) in [6, 6.07) is 0.522. The Morgan fingerprint density at radius 2 is 2.05 bits per heavy atom. The molecule has 2 aliphatic heterocycles. The van der Waals surface area contributed by atoms with Crippen LogP contribution < -0.4 is 5.73 Å². The average Bonchev–Trinajstić information content (AvgIpc) is 2.34. The van der Waals surface area contributed by atoms with E-state index in [0.717, 1.165) is 32.4 Å². The van der Waals surface area contributed by atoms with E-state index in [0.29, 0.717) is 18.5 Å². The van der Waals surface area contributed by atoms with Gasteiger partial charge in [-0.1, -0.05) is 12.2 Å². The molecule has 0 aromatic carbocycles. The van der Waals surface area contributed by atoms with Gasteiger partial charge >= 0.3 is 6.18 Å². The summed E-state index contributed by atoms with van der Waals surface area (Å²) in [5.41, 5.74) is 5.27. The number of halogens is 3. The van der Waals surface area contributed by atoms with Crippen molar-refractivity contribution in [3.63, 3.8) is 0 Å². The van der Waals surface area contributed by atoms with Gasteiger partial charge in [0.15, 0.2) is 0 Å². The van der Waals surface area contributed by atoms with Crippen molar-refractivity contribution < 1.29 is 13.2 Å². The topological polar surface area (TPSA) is 32.5 Å². The summed E-state index contributed by atoms with van der Waals surface area (Å²) in [5.74, 6) is -1.21. The van der Waals surface area contributed by atoms with E-state index in [1.807, 2.05) is 4.90 Å². The van der Waals surface area contributed by atoms with Crippen LogP contribution in [0, 0.1) is 11.8 Å². The number of hydrogen-bond donors (Lipinski definition) is 1. The number of alkyl halides is 3. The maximum atomic E-state index is 12.9. The highest BCUT2D eigenvalue weighted by atomic mass is 32.1. The summed E-state index contributed by atoms with van der Waals surface area (Å²) in [6.45, 7) is 2.43. The molecule has 0 aromatic rings. The Kier molecular flexibility index (Phi) is 4.92. The summed E-state index contributed by atoms with van der Waals surface area (Å²) in [7, 11) is 2.11. The molecule has 0 radical (unpaired) electrons. The van der Waals surface area contributed by atoms with Crippen LogP contribution in [0.1, 0.15) is 19.3 Å². The molecule has 2 N–H and O–H groups in total. The number of piperidine rings is 2. The first-order valence-corrected chi connectivity index (χ1v) is 7.48. The maximum Gasteiger partial charge on any atom is 0.399 e. The SMILES string of the molecule is CN1CCCC2CN(CC(C(N)=S)C(F)(F)F)CCC21. The minimum atomic E-state index is -4.34. The smallest absolute Gasteiger partial charge is 0.393 e. The minimum Gasteiger partial charge on any atom is -0.393 e. The Morgan fingerprint density at radius 3 is 2.65 bits per heavy atom. The molecule has 3 nitrogen and oxygen atoms in total. The second-order valence-corrected chi connectivity index (χ2v) is 6.47. The fourth-order valence-corrected chi connectivity index (χ4v) is 3.71. The quantitative estimate of drug-likeness (QED) is 0.807. The third-order valence-corrected chi connectivity index (χ3v) is 4.89. The van der Waals surface area contributed by atoms with Gasteiger partial charge < -0.3 is 15.5 Å². The van der Waals surface area contributed by atoms with Crippen LogP contribution in [-0.4, -0.2) is 60.2 Å². The van der Waals surface area contributed by atoms with E-state index >= 15 is 0 Å². The molecular formula is C13H22F3N3S. The molecule has 0 aromatic heterocycles. The van der Waals surface area contributed by atoms with Gasteiger partial charge in [-0.25, -0.2) is 0 Å². The van der Waals surface area contributed by atoms with E-state index in [9.17, 15) is 13.2 Å². The Bertz CT molecular complexity index is 361. The van der Waals surface area contributed by atoms with Crippen molar-refractivity contribution in [1.29, 1.82) is 0 Å². The number of hydrogen-bond acceptors (Lipinski definition) is 3. The minimum absolute atomic E-state index is 0.0915. The number of rotatable bonds is 3. The molecule has 20 heavy (non-hydrogen) atoms. The Labute approximate surface area is 123 Å². The van der Waals surface area contributed by atoms with Crippen molar-refractivity contribution in [3.8, 4) is 0 Å². The van der Waals surface area contributed by atoms with Gasteiger partial charge in [-0.3, -0.25) is 0 Å². The van der Waals surface area contributed by atoms with Crippen LogP contribution in [0.2, 0.25) is 0 Å². The lowest BCUT2D eigenvalue weighted by atomic mass is 9.84. The van der Waals surface area contributed by atoms with E-state index in [1.54, 1.807) is 0 Å². The van der Waals surface area contributed by atoms with Crippen molar-refractivity contribution in [2.45, 2.75) is 31.5 Å². The lowest BCUT2D eigenvalue weighted by Gasteiger charge is -2.46. The van der Waals surface area contributed by atoms with Crippen molar-refractivity contribution >= 4 is 17.2 Å². The van der Waals surface area contributed by atoms with Crippen molar-refractivity contribution in [3.05, 3.63) is 0 Å². The third kappa shape index (κ3) is 3.62. The molecule has 0 amide bonds. The number of nitrogens with zero attached hydrogens (tertiary/aromatic N) is 2. The van der Waals surface area contributed by atoms with Gasteiger partial charge in [0.1, 0.15) is 5.92 Å². The van der Waals surface area contributed by atoms with Gasteiger partial charge in [0, 0.05) is 19.1 Å². The van der Waals surface area contributed by atoms with E-state index in [-0.39, 0.29) is 6.54 Å². The maximum absolute atomic E-state index is 12.9. The molecule has 116 valence electrons. The Morgan fingerprint density at radius 1 is 1.35 bits per heavy atom. The summed E-state index contributed by atoms with van der Waals surface area (Å²) >= 11 is 4.59. The second-order valence-electron chi connectivity index (χ2n) is 6.00. The normalized spacial score (nSPS) is 30.8. The largest absolute Gasteiger partial charge is 0.399 e. The molecule has 0 saturated carbocycles. The second kappa shape index (κ2) is 6.15. The van der Waals surface area contributed by atoms with Crippen LogP contribution in [0.5, 0.6) is 0 Å². The van der Waals surface area contributed by atoms with Crippen LogP contribution in [0.15, 0.2) is 0 Å². The zero-order chi connectivity index (χ0) is 14.9. The van der Waals surface area contributed by atoms with Gasteiger partial charge in [-0.2, -0.15) is 13.2 Å². The predicted octanol–water partition coefficient (Wildman–Crippen LogP) is 1.87. The highest BCUT2D eigenvalue weighted by Gasteiger charge is 2.44. The van der Waals surface area contributed by atoms with E-state index in [1.165, 1.54) is 0 Å². The van der Waals surface area contributed by atoms with Gasteiger partial charge in [-0.05, 0) is 45.3 Å². The van der Waals surface area contributed by atoms with Crippen molar-refractivity contribution in [1.82, 2.24) is 9.80 Å². The van der Waals surface area contributed by atoms with E-state index in [4.69, 9.17) is 5.73 Å². The highest BCUT2D eigenvalue weighted by molar-refractivity contribution is 7.80. The molecule has 2 fully saturated rings. The van der Waals surface area contributed by atoms with Crippen LogP contribution in [0.25, 0.3) is 0 Å². The van der Waals surface area contributed by atoms with Crippen molar-refractivity contribution in [2.75, 3.05) is 33.2 Å². The molecule has 7 heteroatoms. The summed E-state index contributed by atoms with van der Waals surface area (Å²) < 4.78 is 38.8. The van der Waals surface area contributed by atoms with E-state index < -0.39 is 17.1 Å². The van der Waals surface area contributed by atoms with Crippen LogP contribution in [0.3, 0.4) is 0 Å². The first-order valence-electron chi connectivity index (χ1n) is 7.07. The Balaban J connectivity index is 1.96. The first-order chi connectivity index (χ1) is 9.29. The number of nitrogens with two attached hydrogens (primary N) is 1. The molecule has 3 unspecified atom stereocenters. The molecule has 3 atom stereocenters. The van der Waals surface area contributed by atoms with Gasteiger partial charge in [-0.15, -0.1) is 0 Å². The molecule has 0 aliphatic carbocycles. The fourth-order valence-electron chi connectivity index (χ4n) is 3.51. The first kappa shape index (κ1) is 16.0. The molecule has 0 bridgehead atoms. The zero-order valence-corrected chi connectivity index (χ0v) is 12.5. The lowest BCUT2D eigenvalue weighted by Crippen LogP contribution is -2.54. The fraction of sp³-hybridized carbons (Fsp3) is 0.923. The van der Waals surface area contributed by atoms with Gasteiger partial charge in [0.25, 0.3) is 0 Å². The molecule has 2 aliphatic rings. The summed E-state index contributed by atoms with van der Waals surface area (Å²) in [5, 5.41) is 0. The zero-order valence-electron chi connectivity index (χ0n) is 11.7. The summed E-state index contributed by atoms with van der Waals surface area (Å²) in [6.07, 6.45) is -1.17. The third-order valence-electron chi connectivity index (χ3n) is 4.61. The molecule has 2 saturated heterocycles. The number of fused-ring (bicyclic) bond motifs is 1.